The summed E-state index contributed by atoms with van der Waals surface area (Å²) in [5.74, 6) is 0. The number of halogens is 3. The van der Waals surface area contributed by atoms with E-state index in [-0.39, 0.29) is 32.5 Å². The molecule has 113 heavy (non-hydrogen) atoms. The van der Waals surface area contributed by atoms with E-state index in [1.54, 1.807) is 22.7 Å². The number of furan rings is 2. The van der Waals surface area contributed by atoms with Crippen molar-refractivity contribution >= 4 is 184 Å². The van der Waals surface area contributed by atoms with Crippen LogP contribution in [0.4, 0.5) is 62.6 Å². The zero-order valence-corrected chi connectivity index (χ0v) is 72.8. The minimum absolute atomic E-state index is 0.00203. The van der Waals surface area contributed by atoms with Gasteiger partial charge in [-0.3, -0.25) is 0 Å². The Bertz CT molecular complexity index is 6160. The molecule has 0 bridgehead atoms. The van der Waals surface area contributed by atoms with E-state index in [1.807, 2.05) is 48.5 Å². The van der Waals surface area contributed by atoms with Crippen LogP contribution in [0, 0.1) is 13.8 Å². The minimum Gasteiger partial charge on any atom is -0.456 e. The molecular weight excluding hydrogens is 1480 g/mol. The number of thiophene rings is 2. The highest BCUT2D eigenvalue weighted by atomic mass is 35.5. The Morgan fingerprint density at radius 2 is 0.628 bits per heavy atom. The normalized spacial score (nSPS) is 12.4. The highest BCUT2D eigenvalue weighted by Crippen LogP contribution is 2.54. The summed E-state index contributed by atoms with van der Waals surface area (Å²) in [7, 11) is 0. The van der Waals surface area contributed by atoms with Gasteiger partial charge < -0.3 is 28.9 Å². The first-order valence-electron chi connectivity index (χ1n) is 39.1. The summed E-state index contributed by atoms with van der Waals surface area (Å²) < 4.78 is 14.9. The summed E-state index contributed by atoms with van der Waals surface area (Å²) in [6, 6.07) is 86.5. The highest BCUT2D eigenvalue weighted by Gasteiger charge is 2.30. The lowest BCUT2D eigenvalue weighted by molar-refractivity contribution is 0.590. The Balaban J connectivity index is 0.000000156. The number of nitrogens with one attached hydrogen (secondary N) is 1. The molecule has 16 aromatic rings. The SMILES string of the molecule is CC(C)(C)c1ccc(Nc2cccc3oc4ccccc4c23)cc1.Cc1cc(Cl)c(Cl)c(N(c2ccc(C(C)(C)C)cc2)c2csc3ccc(C(C)(C)C)cc23)c1.Cc1cc(N(c2ccc(C(C)(C)C)cc2)c2csc3ccc(C(C)(C)C)cc23)c(Cl)c(N(c2ccc(C(C)(C)C)cc2)c2cccc3oc4ccccc4c23)c1. The molecule has 12 aromatic carbocycles. The zero-order chi connectivity index (χ0) is 80.6. The number of fused-ring (bicyclic) bond motifs is 8. The van der Waals surface area contributed by atoms with Crippen molar-refractivity contribution in [1.29, 1.82) is 0 Å². The Kier molecular flexibility index (Phi) is 21.8. The maximum Gasteiger partial charge on any atom is 0.137 e. The van der Waals surface area contributed by atoms with Gasteiger partial charge >= 0.3 is 0 Å². The molecule has 0 amide bonds. The summed E-state index contributed by atoms with van der Waals surface area (Å²) in [5.41, 5.74) is 25.1. The zero-order valence-electron chi connectivity index (χ0n) is 68.9. The summed E-state index contributed by atoms with van der Waals surface area (Å²) in [4.78, 5) is 6.93. The van der Waals surface area contributed by atoms with Crippen molar-refractivity contribution in [2.45, 2.75) is 171 Å². The van der Waals surface area contributed by atoms with E-state index in [4.69, 9.17) is 43.6 Å². The summed E-state index contributed by atoms with van der Waals surface area (Å²) in [6.45, 7) is 44.7. The van der Waals surface area contributed by atoms with E-state index in [2.05, 4.69) is 363 Å². The molecule has 0 aliphatic rings. The first-order valence-corrected chi connectivity index (χ1v) is 42.0. The fraction of sp³-hybridized carbons (Fsp3) is 0.255. The molecule has 0 aliphatic heterocycles. The van der Waals surface area contributed by atoms with Crippen LogP contribution in [0.5, 0.6) is 0 Å². The van der Waals surface area contributed by atoms with Crippen LogP contribution in [0.25, 0.3) is 64.0 Å². The van der Waals surface area contributed by atoms with Crippen molar-refractivity contribution < 1.29 is 8.83 Å². The van der Waals surface area contributed by atoms with E-state index in [0.717, 1.165) is 118 Å². The Morgan fingerprint density at radius 1 is 0.292 bits per heavy atom. The number of nitrogens with zero attached hydrogens (tertiary/aromatic N) is 3. The van der Waals surface area contributed by atoms with Crippen LogP contribution in [-0.4, -0.2) is 0 Å². The van der Waals surface area contributed by atoms with E-state index in [9.17, 15) is 0 Å². The van der Waals surface area contributed by atoms with Crippen molar-refractivity contribution in [3.8, 4) is 0 Å². The first kappa shape index (κ1) is 79.9. The maximum atomic E-state index is 7.94. The van der Waals surface area contributed by atoms with E-state index in [1.165, 1.54) is 53.6 Å². The molecule has 576 valence electrons. The van der Waals surface area contributed by atoms with Crippen LogP contribution in [0.3, 0.4) is 0 Å². The van der Waals surface area contributed by atoms with Gasteiger partial charge in [0.05, 0.1) is 65.7 Å². The molecule has 4 heterocycles. The van der Waals surface area contributed by atoms with Gasteiger partial charge in [0, 0.05) is 64.5 Å². The topological polar surface area (TPSA) is 48.0 Å². The fourth-order valence-corrected chi connectivity index (χ4v) is 17.4. The molecular formula is C102H103Cl3N4O2S2. The second-order valence-electron chi connectivity index (χ2n) is 36.2. The van der Waals surface area contributed by atoms with Gasteiger partial charge in [0.25, 0.3) is 0 Å². The van der Waals surface area contributed by atoms with Crippen molar-refractivity contribution in [2.24, 2.45) is 0 Å². The first-order chi connectivity index (χ1) is 53.4. The average molecular weight is 1590 g/mol. The lowest BCUT2D eigenvalue weighted by atomic mass is 9.86. The quantitative estimate of drug-likeness (QED) is 0.139. The minimum atomic E-state index is 0.00203. The molecule has 0 radical (unpaired) electrons. The standard InChI is InChI=1S/C51H51ClN2OS.C29H31Cl2NS.C22H21NO/c1-32-28-41(53(36-23-18-33(19-24-36)49(2,3)4)40-15-13-17-45-47(40)38-14-11-12-16-44(38)55-45)48(52)42(29-32)54(37-25-20-34(21-26-37)50(5,6)7)43-31-56-46-27-22-35(30-39(43)46)51(8,9)10;1-18-14-23(30)27(31)24(15-18)32(21-11-8-19(9-12-21)28(2,3)4)25-17-33-26-13-10-20(16-22(25)26)29(5,6)7;1-22(2,3)15-11-13-16(14-12-15)23-18-8-6-10-20-21(18)17-7-4-5-9-19(17)24-20/h11-31H,1-10H3;8-17H,1-7H3;4-14,23H,1-3H3. The van der Waals surface area contributed by atoms with E-state index < -0.39 is 0 Å². The van der Waals surface area contributed by atoms with E-state index in [0.29, 0.717) is 15.1 Å². The second kappa shape index (κ2) is 30.9. The molecule has 11 heteroatoms. The van der Waals surface area contributed by atoms with Crippen LogP contribution >= 0.6 is 57.5 Å². The summed E-state index contributed by atoms with van der Waals surface area (Å²) in [6.07, 6.45) is 0. The molecule has 0 fully saturated rings. The predicted molar refractivity (Wildman–Crippen MR) is 495 cm³/mol. The molecule has 16 rings (SSSR count). The number of para-hydroxylation sites is 2. The van der Waals surface area contributed by atoms with Crippen LogP contribution in [0.2, 0.25) is 15.1 Å². The van der Waals surface area contributed by atoms with Gasteiger partial charge in [-0.05, 0) is 224 Å². The molecule has 4 aromatic heterocycles. The van der Waals surface area contributed by atoms with Gasteiger partial charge in [-0.15, -0.1) is 22.7 Å². The second-order valence-corrected chi connectivity index (χ2v) is 39.2. The Labute approximate surface area is 691 Å². The van der Waals surface area contributed by atoms with Gasteiger partial charge in [-0.1, -0.05) is 269 Å². The van der Waals surface area contributed by atoms with Crippen LogP contribution < -0.4 is 20.0 Å². The van der Waals surface area contributed by atoms with Gasteiger partial charge in [0.2, 0.25) is 0 Å². The molecule has 0 saturated heterocycles. The summed E-state index contributed by atoms with van der Waals surface area (Å²) in [5, 5.41) is 16.7. The number of benzene rings is 12. The lowest BCUT2D eigenvalue weighted by Crippen LogP contribution is -2.16. The third-order valence-corrected chi connectivity index (χ3v) is 24.5. The van der Waals surface area contributed by atoms with Crippen LogP contribution in [0.15, 0.2) is 262 Å². The lowest BCUT2D eigenvalue weighted by Gasteiger charge is -2.32. The molecule has 0 saturated carbocycles. The van der Waals surface area contributed by atoms with Crippen LogP contribution in [0.1, 0.15) is 169 Å². The smallest absolute Gasteiger partial charge is 0.137 e. The van der Waals surface area contributed by atoms with Gasteiger partial charge in [0.15, 0.2) is 0 Å². The van der Waals surface area contributed by atoms with Gasteiger partial charge in [-0.2, -0.15) is 0 Å². The fourth-order valence-electron chi connectivity index (χ4n) is 14.8. The number of rotatable bonds is 11. The maximum absolute atomic E-state index is 7.94. The van der Waals surface area contributed by atoms with Crippen molar-refractivity contribution in [3.05, 3.63) is 313 Å². The number of aryl methyl sites for hydroxylation is 2. The number of hydrogen-bond donors (Lipinski definition) is 1. The largest absolute Gasteiger partial charge is 0.456 e. The third-order valence-electron chi connectivity index (χ3n) is 21.4. The Morgan fingerprint density at radius 3 is 1.04 bits per heavy atom. The predicted octanol–water partition coefficient (Wildman–Crippen LogP) is 33.8. The summed E-state index contributed by atoms with van der Waals surface area (Å²) >= 11 is 24.8. The number of hydrogen-bond acceptors (Lipinski definition) is 8. The molecule has 6 nitrogen and oxygen atoms in total. The molecule has 0 unspecified atom stereocenters. The molecule has 0 aliphatic carbocycles. The van der Waals surface area contributed by atoms with Gasteiger partial charge in [0.1, 0.15) is 22.3 Å². The third kappa shape index (κ3) is 16.7. The Hall–Kier alpha value is -9.77. The molecule has 0 spiro atoms. The van der Waals surface area contributed by atoms with Crippen molar-refractivity contribution in [3.63, 3.8) is 0 Å². The average Bonchev–Trinajstić information content (AvgIpc) is 1.73. The van der Waals surface area contributed by atoms with Crippen molar-refractivity contribution in [1.82, 2.24) is 0 Å². The molecule has 1 N–H and O–H groups in total. The number of anilines is 11. The molecule has 0 atom stereocenters. The van der Waals surface area contributed by atoms with Crippen LogP contribution in [-0.2, 0) is 32.5 Å². The van der Waals surface area contributed by atoms with Crippen molar-refractivity contribution in [2.75, 3.05) is 20.0 Å². The van der Waals surface area contributed by atoms with E-state index >= 15 is 0 Å². The highest BCUT2D eigenvalue weighted by molar-refractivity contribution is 7.18. The van der Waals surface area contributed by atoms with Gasteiger partial charge in [-0.25, -0.2) is 0 Å². The monoisotopic (exact) mass is 1580 g/mol.